The Balaban J connectivity index is 1.55. The van der Waals surface area contributed by atoms with E-state index in [-0.39, 0.29) is 5.78 Å². The number of carbonyl (C=O) groups excluding carboxylic acids is 1. The summed E-state index contributed by atoms with van der Waals surface area (Å²) in [5.74, 6) is 0.128. The van der Waals surface area contributed by atoms with Crippen molar-refractivity contribution < 1.29 is 4.79 Å². The molecule has 0 unspecified atom stereocenters. The van der Waals surface area contributed by atoms with Gasteiger partial charge in [0.05, 0.1) is 0 Å². The van der Waals surface area contributed by atoms with Gasteiger partial charge in [-0.1, -0.05) is 24.3 Å². The highest BCUT2D eigenvalue weighted by Crippen LogP contribution is 2.25. The molecule has 0 radical (unpaired) electrons. The number of carbonyl (C=O) groups is 1. The van der Waals surface area contributed by atoms with E-state index in [4.69, 9.17) is 0 Å². The average Bonchev–Trinajstić information content (AvgIpc) is 2.75. The van der Waals surface area contributed by atoms with Crippen molar-refractivity contribution in [1.82, 2.24) is 0 Å². The zero-order valence-electron chi connectivity index (χ0n) is 15.5. The molecule has 2 fully saturated rings. The topological polar surface area (TPSA) is 23.6 Å². The van der Waals surface area contributed by atoms with Crippen molar-refractivity contribution in [2.45, 2.75) is 38.5 Å². The minimum absolute atomic E-state index is 0.128. The Hall–Kier alpha value is -2.29. The highest BCUT2D eigenvalue weighted by atomic mass is 16.1. The largest absolute Gasteiger partial charge is 0.372 e. The predicted molar refractivity (Wildman–Crippen MR) is 108 cm³/mol. The second kappa shape index (κ2) is 7.94. The second-order valence-electron chi connectivity index (χ2n) is 7.53. The number of hydrogen-bond acceptors (Lipinski definition) is 3. The molecular formula is C23H28N2O. The van der Waals surface area contributed by atoms with Crippen LogP contribution in [-0.2, 0) is 0 Å². The standard InChI is InChI=1S/C23H28N2O/c26-23(19-9-7-11-21(17-19)24-13-3-1-4-14-24)20-10-8-12-22(18-20)25-15-5-2-6-16-25/h7-12,17-18H,1-6,13-16H2. The maximum Gasteiger partial charge on any atom is 0.193 e. The van der Waals surface area contributed by atoms with Crippen LogP contribution < -0.4 is 9.80 Å². The van der Waals surface area contributed by atoms with Gasteiger partial charge in [0.15, 0.2) is 5.78 Å². The number of hydrogen-bond donors (Lipinski definition) is 0. The van der Waals surface area contributed by atoms with E-state index in [0.717, 1.165) is 37.3 Å². The van der Waals surface area contributed by atoms with E-state index in [9.17, 15) is 4.79 Å². The molecule has 0 atom stereocenters. The first kappa shape index (κ1) is 17.1. The first-order chi connectivity index (χ1) is 12.8. The van der Waals surface area contributed by atoms with Gasteiger partial charge in [0.25, 0.3) is 0 Å². The molecule has 0 bridgehead atoms. The van der Waals surface area contributed by atoms with Gasteiger partial charge in [0, 0.05) is 48.7 Å². The fraction of sp³-hybridized carbons (Fsp3) is 0.435. The normalized spacial score (nSPS) is 18.0. The smallest absolute Gasteiger partial charge is 0.193 e. The maximum atomic E-state index is 13.1. The SMILES string of the molecule is O=C(c1cccc(N2CCCCC2)c1)c1cccc(N2CCCCC2)c1. The van der Waals surface area contributed by atoms with Crippen molar-refractivity contribution in [3.8, 4) is 0 Å². The Kier molecular flexibility index (Phi) is 5.24. The Morgan fingerprint density at radius 1 is 0.615 bits per heavy atom. The van der Waals surface area contributed by atoms with Gasteiger partial charge in [-0.2, -0.15) is 0 Å². The van der Waals surface area contributed by atoms with Crippen molar-refractivity contribution in [3.63, 3.8) is 0 Å². The van der Waals surface area contributed by atoms with Crippen molar-refractivity contribution in [2.24, 2.45) is 0 Å². The van der Waals surface area contributed by atoms with E-state index in [1.807, 2.05) is 24.3 Å². The van der Waals surface area contributed by atoms with Crippen LogP contribution in [-0.4, -0.2) is 32.0 Å². The highest BCUT2D eigenvalue weighted by molar-refractivity contribution is 6.09. The summed E-state index contributed by atoms with van der Waals surface area (Å²) in [6.07, 6.45) is 7.62. The second-order valence-corrected chi connectivity index (χ2v) is 7.53. The summed E-state index contributed by atoms with van der Waals surface area (Å²) in [6, 6.07) is 16.3. The molecule has 3 heteroatoms. The van der Waals surface area contributed by atoms with Gasteiger partial charge in [0.1, 0.15) is 0 Å². The summed E-state index contributed by atoms with van der Waals surface area (Å²) < 4.78 is 0. The van der Waals surface area contributed by atoms with Gasteiger partial charge in [-0.25, -0.2) is 0 Å². The molecule has 0 N–H and O–H groups in total. The fourth-order valence-corrected chi connectivity index (χ4v) is 4.16. The maximum absolute atomic E-state index is 13.1. The van der Waals surface area contributed by atoms with Crippen LogP contribution in [0.5, 0.6) is 0 Å². The van der Waals surface area contributed by atoms with Gasteiger partial charge >= 0.3 is 0 Å². The lowest BCUT2D eigenvalue weighted by atomic mass is 10.0. The molecule has 136 valence electrons. The number of piperidine rings is 2. The number of nitrogens with zero attached hydrogens (tertiary/aromatic N) is 2. The van der Waals surface area contributed by atoms with E-state index in [2.05, 4.69) is 34.1 Å². The molecule has 2 aliphatic rings. The fourth-order valence-electron chi connectivity index (χ4n) is 4.16. The molecule has 26 heavy (non-hydrogen) atoms. The molecule has 0 aromatic heterocycles. The molecule has 0 amide bonds. The molecule has 2 aromatic carbocycles. The van der Waals surface area contributed by atoms with Crippen LogP contribution in [0.2, 0.25) is 0 Å². The van der Waals surface area contributed by atoms with Crippen LogP contribution in [0.15, 0.2) is 48.5 Å². The van der Waals surface area contributed by atoms with Crippen molar-refractivity contribution in [2.75, 3.05) is 36.0 Å². The summed E-state index contributed by atoms with van der Waals surface area (Å²) in [5.41, 5.74) is 3.96. The van der Waals surface area contributed by atoms with Gasteiger partial charge in [0.2, 0.25) is 0 Å². The van der Waals surface area contributed by atoms with Crippen molar-refractivity contribution in [3.05, 3.63) is 59.7 Å². The third-order valence-electron chi connectivity index (χ3n) is 5.66. The lowest BCUT2D eigenvalue weighted by molar-refractivity contribution is 0.103. The molecular weight excluding hydrogens is 320 g/mol. The molecule has 2 saturated heterocycles. The van der Waals surface area contributed by atoms with Crippen LogP contribution in [0.3, 0.4) is 0 Å². The van der Waals surface area contributed by atoms with Gasteiger partial charge < -0.3 is 9.80 Å². The Morgan fingerprint density at radius 2 is 1.04 bits per heavy atom. The molecule has 4 rings (SSSR count). The number of anilines is 2. The predicted octanol–water partition coefficient (Wildman–Crippen LogP) is 4.90. The minimum atomic E-state index is 0.128. The van der Waals surface area contributed by atoms with Crippen molar-refractivity contribution >= 4 is 17.2 Å². The summed E-state index contributed by atoms with van der Waals surface area (Å²) in [5, 5.41) is 0. The molecule has 0 aliphatic carbocycles. The summed E-state index contributed by atoms with van der Waals surface area (Å²) in [7, 11) is 0. The van der Waals surface area contributed by atoms with Crippen LogP contribution >= 0.6 is 0 Å². The van der Waals surface area contributed by atoms with Crippen LogP contribution in [0.1, 0.15) is 54.4 Å². The Morgan fingerprint density at radius 3 is 1.46 bits per heavy atom. The van der Waals surface area contributed by atoms with E-state index < -0.39 is 0 Å². The highest BCUT2D eigenvalue weighted by Gasteiger charge is 2.16. The molecule has 0 saturated carbocycles. The van der Waals surface area contributed by atoms with E-state index in [1.165, 1.54) is 49.9 Å². The quantitative estimate of drug-likeness (QED) is 0.734. The van der Waals surface area contributed by atoms with E-state index >= 15 is 0 Å². The van der Waals surface area contributed by atoms with Crippen LogP contribution in [0.4, 0.5) is 11.4 Å². The first-order valence-corrected chi connectivity index (χ1v) is 10.1. The number of ketones is 1. The van der Waals surface area contributed by atoms with Gasteiger partial charge in [-0.05, 0) is 62.8 Å². The summed E-state index contributed by atoms with van der Waals surface area (Å²) in [6.45, 7) is 4.40. The lowest BCUT2D eigenvalue weighted by Crippen LogP contribution is -2.29. The molecule has 2 aliphatic heterocycles. The third kappa shape index (κ3) is 3.77. The Bertz CT molecular complexity index is 695. The zero-order chi connectivity index (χ0) is 17.8. The summed E-state index contributed by atoms with van der Waals surface area (Å²) >= 11 is 0. The molecule has 2 heterocycles. The van der Waals surface area contributed by atoms with Gasteiger partial charge in [-0.15, -0.1) is 0 Å². The summed E-state index contributed by atoms with van der Waals surface area (Å²) in [4.78, 5) is 17.9. The van der Waals surface area contributed by atoms with E-state index in [0.29, 0.717) is 0 Å². The van der Waals surface area contributed by atoms with Crippen molar-refractivity contribution in [1.29, 1.82) is 0 Å². The number of rotatable bonds is 4. The molecule has 3 nitrogen and oxygen atoms in total. The minimum Gasteiger partial charge on any atom is -0.372 e. The number of benzene rings is 2. The van der Waals surface area contributed by atoms with Crippen LogP contribution in [0.25, 0.3) is 0 Å². The lowest BCUT2D eigenvalue weighted by Gasteiger charge is -2.29. The first-order valence-electron chi connectivity index (χ1n) is 10.1. The van der Waals surface area contributed by atoms with Gasteiger partial charge in [-0.3, -0.25) is 4.79 Å². The average molecular weight is 348 g/mol. The monoisotopic (exact) mass is 348 g/mol. The van der Waals surface area contributed by atoms with Crippen LogP contribution in [0, 0.1) is 0 Å². The van der Waals surface area contributed by atoms with E-state index in [1.54, 1.807) is 0 Å². The third-order valence-corrected chi connectivity index (χ3v) is 5.66. The Labute approximate surface area is 156 Å². The molecule has 2 aromatic rings. The molecule has 0 spiro atoms. The zero-order valence-corrected chi connectivity index (χ0v) is 15.5.